The molecule has 2 atom stereocenters. The molecule has 0 amide bonds. The van der Waals surface area contributed by atoms with Gasteiger partial charge < -0.3 is 4.74 Å². The number of halogens is 2. The quantitative estimate of drug-likeness (QED) is 0.769. The van der Waals surface area contributed by atoms with Gasteiger partial charge in [0.05, 0.1) is 0 Å². The number of hydrogen-bond acceptors (Lipinski definition) is 2. The predicted octanol–water partition coefficient (Wildman–Crippen LogP) is 3.83. The molecule has 1 saturated carbocycles. The topological polar surface area (TPSA) is 26.3 Å². The molecule has 1 aliphatic rings. The average Bonchev–Trinajstić information content (AvgIpc) is 2.13. The maximum absolute atomic E-state index is 13.3. The standard InChI is InChI=1S/C14H24F2O2/c1-13(2,3)12(18-4)11(17)8-10-6-5-7-14(15,16)9-10/h10,12H,5-9H2,1-4H3. The summed E-state index contributed by atoms with van der Waals surface area (Å²) in [5, 5.41) is 0. The highest BCUT2D eigenvalue weighted by Crippen LogP contribution is 2.38. The molecular formula is C14H24F2O2. The summed E-state index contributed by atoms with van der Waals surface area (Å²) >= 11 is 0. The monoisotopic (exact) mass is 262 g/mol. The molecule has 1 fully saturated rings. The van der Waals surface area contributed by atoms with Gasteiger partial charge in [-0.15, -0.1) is 0 Å². The van der Waals surface area contributed by atoms with E-state index in [9.17, 15) is 13.6 Å². The first kappa shape index (κ1) is 15.5. The third-order valence-electron chi connectivity index (χ3n) is 3.55. The molecule has 0 N–H and O–H groups in total. The van der Waals surface area contributed by atoms with E-state index in [0.717, 1.165) is 6.42 Å². The SMILES string of the molecule is COC(C(=O)CC1CCCC(F)(F)C1)C(C)(C)C. The summed E-state index contributed by atoms with van der Waals surface area (Å²) in [5.41, 5.74) is -0.289. The second-order valence-corrected chi connectivity index (χ2v) is 6.47. The molecule has 4 heteroatoms. The van der Waals surface area contributed by atoms with Crippen LogP contribution >= 0.6 is 0 Å². The lowest BCUT2D eigenvalue weighted by atomic mass is 9.79. The maximum Gasteiger partial charge on any atom is 0.248 e. The first-order valence-corrected chi connectivity index (χ1v) is 6.59. The van der Waals surface area contributed by atoms with Crippen molar-refractivity contribution in [2.45, 2.75) is 64.9 Å². The zero-order valence-electron chi connectivity index (χ0n) is 11.8. The normalized spacial score (nSPS) is 25.8. The molecule has 0 heterocycles. The van der Waals surface area contributed by atoms with E-state index in [4.69, 9.17) is 4.74 Å². The van der Waals surface area contributed by atoms with Crippen LogP contribution in [0.1, 0.15) is 52.9 Å². The van der Waals surface area contributed by atoms with Crippen LogP contribution in [-0.2, 0) is 9.53 Å². The van der Waals surface area contributed by atoms with E-state index in [1.165, 1.54) is 7.11 Å². The number of ether oxygens (including phenoxy) is 1. The van der Waals surface area contributed by atoms with Gasteiger partial charge in [0.2, 0.25) is 5.92 Å². The lowest BCUT2D eigenvalue weighted by Gasteiger charge is -2.32. The minimum Gasteiger partial charge on any atom is -0.373 e. The van der Waals surface area contributed by atoms with Crippen LogP contribution in [0.5, 0.6) is 0 Å². The highest BCUT2D eigenvalue weighted by atomic mass is 19.3. The summed E-state index contributed by atoms with van der Waals surface area (Å²) in [4.78, 5) is 12.1. The predicted molar refractivity (Wildman–Crippen MR) is 66.8 cm³/mol. The van der Waals surface area contributed by atoms with Crippen molar-refractivity contribution >= 4 is 5.78 Å². The number of hydrogen-bond donors (Lipinski definition) is 0. The third-order valence-corrected chi connectivity index (χ3v) is 3.55. The van der Waals surface area contributed by atoms with Gasteiger partial charge in [0, 0.05) is 26.4 Å². The molecule has 1 rings (SSSR count). The lowest BCUT2D eigenvalue weighted by molar-refractivity contribution is -0.137. The Morgan fingerprint density at radius 3 is 2.50 bits per heavy atom. The van der Waals surface area contributed by atoms with Crippen LogP contribution in [0.3, 0.4) is 0 Å². The van der Waals surface area contributed by atoms with Crippen LogP contribution in [0.4, 0.5) is 8.78 Å². The van der Waals surface area contributed by atoms with Gasteiger partial charge in [-0.25, -0.2) is 8.78 Å². The number of rotatable bonds is 4. The number of methoxy groups -OCH3 is 1. The van der Waals surface area contributed by atoms with Crippen LogP contribution in [0, 0.1) is 11.3 Å². The summed E-state index contributed by atoms with van der Waals surface area (Å²) < 4.78 is 31.8. The van der Waals surface area contributed by atoms with E-state index in [2.05, 4.69) is 0 Å². The van der Waals surface area contributed by atoms with Crippen LogP contribution in [0.15, 0.2) is 0 Å². The Kier molecular flexibility index (Phi) is 4.87. The summed E-state index contributed by atoms with van der Waals surface area (Å²) in [6.45, 7) is 5.78. The lowest BCUT2D eigenvalue weighted by Crippen LogP contribution is -2.38. The molecule has 0 aromatic carbocycles. The average molecular weight is 262 g/mol. The Labute approximate surface area is 108 Å². The van der Waals surface area contributed by atoms with Crippen LogP contribution < -0.4 is 0 Å². The summed E-state index contributed by atoms with van der Waals surface area (Å²) in [5.74, 6) is -2.83. The van der Waals surface area contributed by atoms with Gasteiger partial charge in [-0.05, 0) is 24.2 Å². The van der Waals surface area contributed by atoms with E-state index in [1.54, 1.807) is 0 Å². The van der Waals surface area contributed by atoms with Crippen LogP contribution in [-0.4, -0.2) is 24.9 Å². The smallest absolute Gasteiger partial charge is 0.248 e. The summed E-state index contributed by atoms with van der Waals surface area (Å²) in [6.07, 6.45) is 0.753. The third kappa shape index (κ3) is 4.30. The summed E-state index contributed by atoms with van der Waals surface area (Å²) in [7, 11) is 1.50. The fraction of sp³-hybridized carbons (Fsp3) is 0.929. The van der Waals surface area contributed by atoms with Gasteiger partial charge in [-0.2, -0.15) is 0 Å². The van der Waals surface area contributed by atoms with E-state index in [0.29, 0.717) is 6.42 Å². The highest BCUT2D eigenvalue weighted by molar-refractivity contribution is 5.84. The van der Waals surface area contributed by atoms with E-state index < -0.39 is 12.0 Å². The minimum atomic E-state index is -2.59. The fourth-order valence-corrected chi connectivity index (χ4v) is 2.81. The van der Waals surface area contributed by atoms with Crippen LogP contribution in [0.2, 0.25) is 0 Å². The molecule has 2 unspecified atom stereocenters. The second kappa shape index (κ2) is 5.64. The molecule has 0 radical (unpaired) electrons. The Morgan fingerprint density at radius 2 is 2.06 bits per heavy atom. The number of carbonyl (C=O) groups is 1. The van der Waals surface area contributed by atoms with Gasteiger partial charge in [-0.3, -0.25) is 4.79 Å². The van der Waals surface area contributed by atoms with E-state index >= 15 is 0 Å². The minimum absolute atomic E-state index is 0.0370. The Balaban J connectivity index is 2.59. The van der Waals surface area contributed by atoms with E-state index in [1.807, 2.05) is 20.8 Å². The maximum atomic E-state index is 13.3. The van der Waals surface area contributed by atoms with Gasteiger partial charge in [0.15, 0.2) is 5.78 Å². The van der Waals surface area contributed by atoms with Crippen molar-refractivity contribution in [1.29, 1.82) is 0 Å². The number of ketones is 1. The van der Waals surface area contributed by atoms with Crippen molar-refractivity contribution in [3.63, 3.8) is 0 Å². The highest BCUT2D eigenvalue weighted by Gasteiger charge is 2.39. The Hall–Kier alpha value is -0.510. The molecular weight excluding hydrogens is 238 g/mol. The molecule has 0 spiro atoms. The Bertz CT molecular complexity index is 295. The van der Waals surface area contributed by atoms with E-state index in [-0.39, 0.29) is 36.4 Å². The van der Waals surface area contributed by atoms with Crippen molar-refractivity contribution in [1.82, 2.24) is 0 Å². The number of carbonyl (C=O) groups excluding carboxylic acids is 1. The van der Waals surface area contributed by atoms with Crippen molar-refractivity contribution in [2.24, 2.45) is 11.3 Å². The zero-order valence-corrected chi connectivity index (χ0v) is 11.8. The van der Waals surface area contributed by atoms with Crippen molar-refractivity contribution in [3.8, 4) is 0 Å². The van der Waals surface area contributed by atoms with Crippen LogP contribution in [0.25, 0.3) is 0 Å². The first-order chi connectivity index (χ1) is 8.15. The molecule has 106 valence electrons. The molecule has 2 nitrogen and oxygen atoms in total. The molecule has 0 aromatic rings. The molecule has 0 saturated heterocycles. The first-order valence-electron chi connectivity index (χ1n) is 6.59. The number of alkyl halides is 2. The molecule has 1 aliphatic carbocycles. The molecule has 0 aliphatic heterocycles. The van der Waals surface area contributed by atoms with Crippen molar-refractivity contribution < 1.29 is 18.3 Å². The Morgan fingerprint density at radius 1 is 1.44 bits per heavy atom. The molecule has 0 bridgehead atoms. The summed E-state index contributed by atoms with van der Waals surface area (Å²) in [6, 6.07) is 0. The van der Waals surface area contributed by atoms with Crippen molar-refractivity contribution in [2.75, 3.05) is 7.11 Å². The van der Waals surface area contributed by atoms with Crippen molar-refractivity contribution in [3.05, 3.63) is 0 Å². The fourth-order valence-electron chi connectivity index (χ4n) is 2.81. The zero-order chi connectivity index (χ0) is 14.0. The van der Waals surface area contributed by atoms with Gasteiger partial charge in [0.1, 0.15) is 6.10 Å². The van der Waals surface area contributed by atoms with Gasteiger partial charge in [-0.1, -0.05) is 20.8 Å². The molecule has 18 heavy (non-hydrogen) atoms. The second-order valence-electron chi connectivity index (χ2n) is 6.47. The largest absolute Gasteiger partial charge is 0.373 e. The number of Topliss-reactive ketones (excluding diaryl/α,β-unsaturated/α-hetero) is 1. The van der Waals surface area contributed by atoms with Gasteiger partial charge >= 0.3 is 0 Å². The molecule has 0 aromatic heterocycles. The van der Waals surface area contributed by atoms with Gasteiger partial charge in [0.25, 0.3) is 0 Å².